The molecule has 2 heterocycles. The number of aryl methyl sites for hydroxylation is 1. The Morgan fingerprint density at radius 1 is 1.47 bits per heavy atom. The summed E-state index contributed by atoms with van der Waals surface area (Å²) in [5.41, 5.74) is 7.73. The van der Waals surface area contributed by atoms with Gasteiger partial charge < -0.3 is 10.6 Å². The van der Waals surface area contributed by atoms with Crippen molar-refractivity contribution in [2.45, 2.75) is 52.0 Å². The summed E-state index contributed by atoms with van der Waals surface area (Å²) >= 11 is 0. The molecule has 1 aliphatic rings. The number of anilines is 1. The Labute approximate surface area is 115 Å². The highest BCUT2D eigenvalue weighted by atomic mass is 16.2. The van der Waals surface area contributed by atoms with E-state index in [4.69, 9.17) is 5.73 Å². The zero-order chi connectivity index (χ0) is 13.8. The van der Waals surface area contributed by atoms with Crippen molar-refractivity contribution in [1.29, 1.82) is 0 Å². The quantitative estimate of drug-likeness (QED) is 0.890. The minimum Gasteiger partial charge on any atom is -0.397 e. The molecule has 0 aromatic carbocycles. The van der Waals surface area contributed by atoms with E-state index < -0.39 is 0 Å². The summed E-state index contributed by atoms with van der Waals surface area (Å²) < 4.78 is 0. The highest BCUT2D eigenvalue weighted by molar-refractivity contribution is 5.96. The summed E-state index contributed by atoms with van der Waals surface area (Å²) in [6, 6.07) is 2.11. The van der Waals surface area contributed by atoms with Gasteiger partial charge in [-0.15, -0.1) is 0 Å². The van der Waals surface area contributed by atoms with Crippen molar-refractivity contribution in [1.82, 2.24) is 9.88 Å². The van der Waals surface area contributed by atoms with Crippen LogP contribution in [0.1, 0.15) is 55.1 Å². The number of hydrogen-bond donors (Lipinski definition) is 1. The van der Waals surface area contributed by atoms with E-state index in [-0.39, 0.29) is 5.91 Å². The maximum atomic E-state index is 12.7. The van der Waals surface area contributed by atoms with Crippen molar-refractivity contribution in [2.24, 2.45) is 0 Å². The average molecular weight is 261 g/mol. The number of pyridine rings is 1. The molecule has 0 aliphatic carbocycles. The van der Waals surface area contributed by atoms with Gasteiger partial charge in [-0.05, 0) is 32.3 Å². The number of nitrogens with zero attached hydrogens (tertiary/aromatic N) is 2. The minimum absolute atomic E-state index is 0.0889. The van der Waals surface area contributed by atoms with E-state index in [1.807, 2.05) is 11.8 Å². The fourth-order valence-corrected chi connectivity index (χ4v) is 2.79. The molecule has 1 aromatic rings. The lowest BCUT2D eigenvalue weighted by Gasteiger charge is -2.29. The number of aromatic nitrogens is 1. The normalized spacial score (nSPS) is 20.1. The lowest BCUT2D eigenvalue weighted by molar-refractivity contribution is 0.0677. The van der Waals surface area contributed by atoms with E-state index >= 15 is 0 Å². The second-order valence-corrected chi connectivity index (χ2v) is 5.31. The third-order valence-electron chi connectivity index (χ3n) is 3.95. The summed E-state index contributed by atoms with van der Waals surface area (Å²) in [7, 11) is 0. The maximum Gasteiger partial charge on any atom is 0.256 e. The highest BCUT2D eigenvalue weighted by Gasteiger charge is 2.26. The van der Waals surface area contributed by atoms with E-state index in [9.17, 15) is 4.79 Å². The first-order valence-electron chi connectivity index (χ1n) is 7.16. The summed E-state index contributed by atoms with van der Waals surface area (Å²) in [6.07, 6.45) is 7.26. The van der Waals surface area contributed by atoms with E-state index in [1.165, 1.54) is 12.8 Å². The monoisotopic (exact) mass is 261 g/mol. The number of carbonyl (C=O) groups is 1. The van der Waals surface area contributed by atoms with Crippen molar-refractivity contribution < 1.29 is 4.79 Å². The zero-order valence-corrected chi connectivity index (χ0v) is 11.9. The van der Waals surface area contributed by atoms with Crippen LogP contribution >= 0.6 is 0 Å². The van der Waals surface area contributed by atoms with Crippen LogP contribution in [0.15, 0.2) is 12.3 Å². The molecule has 1 amide bonds. The second-order valence-electron chi connectivity index (χ2n) is 5.31. The van der Waals surface area contributed by atoms with E-state index in [1.54, 1.807) is 12.3 Å². The van der Waals surface area contributed by atoms with Gasteiger partial charge in [0.25, 0.3) is 5.91 Å². The predicted molar refractivity (Wildman–Crippen MR) is 77.0 cm³/mol. The number of hydrogen-bond acceptors (Lipinski definition) is 3. The fourth-order valence-electron chi connectivity index (χ4n) is 2.79. The predicted octanol–water partition coefficient (Wildman–Crippen LogP) is 2.77. The first kappa shape index (κ1) is 13.8. The van der Waals surface area contributed by atoms with Gasteiger partial charge in [0.2, 0.25) is 0 Å². The molecule has 1 aromatic heterocycles. The third-order valence-corrected chi connectivity index (χ3v) is 3.95. The first-order valence-corrected chi connectivity index (χ1v) is 7.16. The second kappa shape index (κ2) is 6.04. The molecule has 1 fully saturated rings. The van der Waals surface area contributed by atoms with Crippen molar-refractivity contribution in [3.8, 4) is 0 Å². The van der Waals surface area contributed by atoms with Gasteiger partial charge in [0, 0.05) is 12.6 Å². The van der Waals surface area contributed by atoms with Gasteiger partial charge in [-0.3, -0.25) is 9.78 Å². The molecule has 4 heteroatoms. The zero-order valence-electron chi connectivity index (χ0n) is 11.9. The fraction of sp³-hybridized carbons (Fsp3) is 0.600. The molecule has 0 saturated carbocycles. The Morgan fingerprint density at radius 2 is 2.26 bits per heavy atom. The third kappa shape index (κ3) is 3.06. The highest BCUT2D eigenvalue weighted by Crippen LogP contribution is 2.22. The Bertz CT molecular complexity index is 459. The Morgan fingerprint density at radius 3 is 3.00 bits per heavy atom. The molecule has 1 unspecified atom stereocenters. The van der Waals surface area contributed by atoms with Gasteiger partial charge >= 0.3 is 0 Å². The van der Waals surface area contributed by atoms with Crippen LogP contribution in [0, 0.1) is 6.92 Å². The molecule has 2 N–H and O–H groups in total. The number of carbonyl (C=O) groups excluding carboxylic acids is 1. The van der Waals surface area contributed by atoms with Gasteiger partial charge in [0.1, 0.15) is 0 Å². The number of likely N-dealkylation sites (tertiary alicyclic amines) is 1. The molecule has 0 bridgehead atoms. The van der Waals surface area contributed by atoms with Crippen LogP contribution in [0.2, 0.25) is 0 Å². The smallest absolute Gasteiger partial charge is 0.256 e. The van der Waals surface area contributed by atoms with Gasteiger partial charge in [0.05, 0.1) is 23.1 Å². The van der Waals surface area contributed by atoms with Gasteiger partial charge in [-0.25, -0.2) is 0 Å². The van der Waals surface area contributed by atoms with Crippen LogP contribution < -0.4 is 5.73 Å². The van der Waals surface area contributed by atoms with Crippen LogP contribution in [0.25, 0.3) is 0 Å². The van der Waals surface area contributed by atoms with Crippen LogP contribution in [0.5, 0.6) is 0 Å². The lowest BCUT2D eigenvalue weighted by atomic mass is 10.1. The Kier molecular flexibility index (Phi) is 4.40. The number of nitrogens with two attached hydrogens (primary N) is 1. The van der Waals surface area contributed by atoms with Crippen LogP contribution in [-0.2, 0) is 0 Å². The Hall–Kier alpha value is -1.58. The molecule has 1 saturated heterocycles. The number of amides is 1. The van der Waals surface area contributed by atoms with E-state index in [0.717, 1.165) is 31.5 Å². The van der Waals surface area contributed by atoms with E-state index in [2.05, 4.69) is 11.9 Å². The lowest BCUT2D eigenvalue weighted by Crippen LogP contribution is -2.40. The van der Waals surface area contributed by atoms with Crippen molar-refractivity contribution in [2.75, 3.05) is 12.3 Å². The molecular formula is C15H23N3O. The topological polar surface area (TPSA) is 59.2 Å². The van der Waals surface area contributed by atoms with Gasteiger partial charge in [-0.1, -0.05) is 19.8 Å². The molecule has 0 radical (unpaired) electrons. The summed E-state index contributed by atoms with van der Waals surface area (Å²) in [6.45, 7) is 4.87. The van der Waals surface area contributed by atoms with Crippen LogP contribution in [0.3, 0.4) is 0 Å². The molecule has 0 spiro atoms. The largest absolute Gasteiger partial charge is 0.397 e. The molecule has 1 aliphatic heterocycles. The summed E-state index contributed by atoms with van der Waals surface area (Å²) in [5, 5.41) is 0. The van der Waals surface area contributed by atoms with Gasteiger partial charge in [-0.2, -0.15) is 0 Å². The van der Waals surface area contributed by atoms with Crippen LogP contribution in [-0.4, -0.2) is 28.4 Å². The standard InChI is InChI=1S/C15H23N3O/c1-3-13-7-5-4-6-8-18(13)15(19)14-9-12(16)10-17-11(14)2/h9-10,13H,3-8,16H2,1-2H3. The maximum absolute atomic E-state index is 12.7. The van der Waals surface area contributed by atoms with Crippen LogP contribution in [0.4, 0.5) is 5.69 Å². The molecule has 1 atom stereocenters. The van der Waals surface area contributed by atoms with Crippen molar-refractivity contribution in [3.63, 3.8) is 0 Å². The van der Waals surface area contributed by atoms with E-state index in [0.29, 0.717) is 17.3 Å². The number of rotatable bonds is 2. The number of nitrogen functional groups attached to an aromatic ring is 1. The SMILES string of the molecule is CCC1CCCCCN1C(=O)c1cc(N)cnc1C. The molecular weight excluding hydrogens is 238 g/mol. The minimum atomic E-state index is 0.0889. The first-order chi connectivity index (χ1) is 9.13. The van der Waals surface area contributed by atoms with Crippen molar-refractivity contribution >= 4 is 11.6 Å². The molecule has 4 nitrogen and oxygen atoms in total. The summed E-state index contributed by atoms with van der Waals surface area (Å²) in [4.78, 5) is 18.9. The molecule has 2 rings (SSSR count). The summed E-state index contributed by atoms with van der Waals surface area (Å²) in [5.74, 6) is 0.0889. The molecule has 19 heavy (non-hydrogen) atoms. The van der Waals surface area contributed by atoms with Gasteiger partial charge in [0.15, 0.2) is 0 Å². The average Bonchev–Trinajstić information content (AvgIpc) is 2.65. The molecule has 104 valence electrons. The van der Waals surface area contributed by atoms with Crippen molar-refractivity contribution in [3.05, 3.63) is 23.5 Å². The Balaban J connectivity index is 2.27.